The van der Waals surface area contributed by atoms with Crippen LogP contribution in [-0.4, -0.2) is 43.8 Å². The minimum atomic E-state index is -3.42. The number of methoxy groups -OCH3 is 1. The summed E-state index contributed by atoms with van der Waals surface area (Å²) >= 11 is 0. The van der Waals surface area contributed by atoms with Crippen LogP contribution in [0.4, 0.5) is 0 Å². The van der Waals surface area contributed by atoms with Crippen LogP contribution in [0.2, 0.25) is 0 Å². The highest BCUT2D eigenvalue weighted by atomic mass is 32.2. The monoisotopic (exact) mass is 271 g/mol. The molecule has 1 aliphatic rings. The van der Waals surface area contributed by atoms with E-state index in [1.807, 2.05) is 6.07 Å². The summed E-state index contributed by atoms with van der Waals surface area (Å²) in [6, 6.07) is 3.72. The van der Waals surface area contributed by atoms with Gasteiger partial charge in [0.15, 0.2) is 0 Å². The zero-order chi connectivity index (χ0) is 13.2. The molecule has 1 aromatic heterocycles. The summed E-state index contributed by atoms with van der Waals surface area (Å²) in [6.07, 6.45) is 2.34. The summed E-state index contributed by atoms with van der Waals surface area (Å²) in [5.74, 6) is 0.572. The first-order valence-electron chi connectivity index (χ1n) is 5.72. The van der Waals surface area contributed by atoms with Gasteiger partial charge in [-0.15, -0.1) is 0 Å². The Bertz CT molecular complexity index is 501. The molecular formula is C11H17N3O3S. The summed E-state index contributed by atoms with van der Waals surface area (Å²) < 4.78 is 27.5. The quantitative estimate of drug-likeness (QED) is 0.830. The third-order valence-corrected chi connectivity index (χ3v) is 4.42. The summed E-state index contributed by atoms with van der Waals surface area (Å²) in [6.45, 7) is 1.92. The lowest BCUT2D eigenvalue weighted by Gasteiger charge is -2.15. The van der Waals surface area contributed by atoms with Gasteiger partial charge in [0, 0.05) is 25.4 Å². The Kier molecular flexibility index (Phi) is 3.84. The topological polar surface area (TPSA) is 85.5 Å². The summed E-state index contributed by atoms with van der Waals surface area (Å²) in [5, 5.41) is 4.71. The first-order valence-corrected chi connectivity index (χ1v) is 7.33. The molecule has 2 rings (SSSR count). The lowest BCUT2D eigenvalue weighted by atomic mass is 10.2. The van der Waals surface area contributed by atoms with E-state index in [2.05, 4.69) is 9.88 Å². The van der Waals surface area contributed by atoms with Crippen LogP contribution in [0.5, 0.6) is 5.88 Å². The highest BCUT2D eigenvalue weighted by Gasteiger charge is 2.30. The maximum atomic E-state index is 11.2. The molecule has 1 fully saturated rings. The van der Waals surface area contributed by atoms with E-state index in [0.29, 0.717) is 25.4 Å². The van der Waals surface area contributed by atoms with Gasteiger partial charge in [-0.2, -0.15) is 0 Å². The van der Waals surface area contributed by atoms with Crippen molar-refractivity contribution in [2.75, 3.05) is 20.2 Å². The average molecular weight is 271 g/mol. The molecule has 1 unspecified atom stereocenters. The molecule has 0 saturated carbocycles. The fourth-order valence-electron chi connectivity index (χ4n) is 2.09. The molecule has 2 heterocycles. The first-order chi connectivity index (χ1) is 8.49. The Morgan fingerprint density at radius 3 is 2.83 bits per heavy atom. The van der Waals surface area contributed by atoms with E-state index in [0.717, 1.165) is 12.1 Å². The lowest BCUT2D eigenvalue weighted by Crippen LogP contribution is -2.31. The minimum absolute atomic E-state index is 0.441. The van der Waals surface area contributed by atoms with Gasteiger partial charge in [-0.3, -0.25) is 4.90 Å². The largest absolute Gasteiger partial charge is 0.481 e. The average Bonchev–Trinajstić information content (AvgIpc) is 2.78. The van der Waals surface area contributed by atoms with Crippen LogP contribution in [0.3, 0.4) is 0 Å². The van der Waals surface area contributed by atoms with Crippen molar-refractivity contribution in [2.24, 2.45) is 5.14 Å². The van der Waals surface area contributed by atoms with Gasteiger partial charge in [0.1, 0.15) is 0 Å². The van der Waals surface area contributed by atoms with E-state index in [-0.39, 0.29) is 0 Å². The van der Waals surface area contributed by atoms with Gasteiger partial charge in [0.05, 0.1) is 12.4 Å². The highest BCUT2D eigenvalue weighted by Crippen LogP contribution is 2.18. The molecule has 1 atom stereocenters. The van der Waals surface area contributed by atoms with Gasteiger partial charge >= 0.3 is 0 Å². The third-order valence-electron chi connectivity index (χ3n) is 3.11. The normalized spacial score (nSPS) is 21.1. The van der Waals surface area contributed by atoms with Gasteiger partial charge in [0.25, 0.3) is 0 Å². The molecule has 1 saturated heterocycles. The number of nitrogens with two attached hydrogens (primary N) is 1. The number of aromatic nitrogens is 1. The lowest BCUT2D eigenvalue weighted by molar-refractivity contribution is 0.330. The van der Waals surface area contributed by atoms with Crippen molar-refractivity contribution in [2.45, 2.75) is 18.2 Å². The molecule has 1 aliphatic heterocycles. The molecule has 0 aliphatic carbocycles. The van der Waals surface area contributed by atoms with Gasteiger partial charge in [0.2, 0.25) is 15.9 Å². The van der Waals surface area contributed by atoms with Gasteiger partial charge in [-0.05, 0) is 18.5 Å². The van der Waals surface area contributed by atoms with Gasteiger partial charge < -0.3 is 4.74 Å². The molecule has 7 heteroatoms. The second-order valence-corrected chi connectivity index (χ2v) is 6.29. The number of sulfonamides is 1. The Hall–Kier alpha value is -1.18. The molecule has 100 valence electrons. The molecule has 2 N–H and O–H groups in total. The van der Waals surface area contributed by atoms with Crippen molar-refractivity contribution in [3.8, 4) is 5.88 Å². The van der Waals surface area contributed by atoms with E-state index in [4.69, 9.17) is 9.88 Å². The summed E-state index contributed by atoms with van der Waals surface area (Å²) in [4.78, 5) is 6.18. The predicted molar refractivity (Wildman–Crippen MR) is 67.6 cm³/mol. The second kappa shape index (κ2) is 5.21. The second-order valence-electron chi connectivity index (χ2n) is 4.44. The Labute approximate surface area is 107 Å². The van der Waals surface area contributed by atoms with Crippen molar-refractivity contribution in [3.63, 3.8) is 0 Å². The zero-order valence-corrected chi connectivity index (χ0v) is 11.1. The number of ether oxygens (including phenoxy) is 1. The van der Waals surface area contributed by atoms with Crippen molar-refractivity contribution in [1.82, 2.24) is 9.88 Å². The third kappa shape index (κ3) is 3.18. The van der Waals surface area contributed by atoms with E-state index in [1.54, 1.807) is 19.4 Å². The van der Waals surface area contributed by atoms with Crippen molar-refractivity contribution in [3.05, 3.63) is 23.9 Å². The van der Waals surface area contributed by atoms with E-state index < -0.39 is 15.3 Å². The molecular weight excluding hydrogens is 254 g/mol. The van der Waals surface area contributed by atoms with Crippen LogP contribution in [-0.2, 0) is 16.6 Å². The number of rotatable bonds is 4. The number of nitrogens with zero attached hydrogens (tertiary/aromatic N) is 2. The van der Waals surface area contributed by atoms with Crippen LogP contribution in [0, 0.1) is 0 Å². The molecule has 0 radical (unpaired) electrons. The SMILES string of the molecule is COc1ccc(CN2CCC(S(N)(=O)=O)C2)cn1. The van der Waals surface area contributed by atoms with E-state index in [9.17, 15) is 8.42 Å². The molecule has 6 nitrogen and oxygen atoms in total. The fourth-order valence-corrected chi connectivity index (χ4v) is 2.94. The number of hydrogen-bond donors (Lipinski definition) is 1. The number of primary sulfonamides is 1. The van der Waals surface area contributed by atoms with Gasteiger partial charge in [-0.25, -0.2) is 18.5 Å². The van der Waals surface area contributed by atoms with Crippen molar-refractivity contribution >= 4 is 10.0 Å². The highest BCUT2D eigenvalue weighted by molar-refractivity contribution is 7.89. The molecule has 0 amide bonds. The maximum Gasteiger partial charge on any atom is 0.213 e. The maximum absolute atomic E-state index is 11.2. The Morgan fingerprint density at radius 2 is 2.33 bits per heavy atom. The van der Waals surface area contributed by atoms with Crippen LogP contribution < -0.4 is 9.88 Å². The Morgan fingerprint density at radius 1 is 1.56 bits per heavy atom. The summed E-state index contributed by atoms with van der Waals surface area (Å²) in [5.41, 5.74) is 1.03. The van der Waals surface area contributed by atoms with E-state index in [1.165, 1.54) is 0 Å². The Balaban J connectivity index is 1.95. The van der Waals surface area contributed by atoms with E-state index >= 15 is 0 Å². The first kappa shape index (κ1) is 13.3. The predicted octanol–water partition coefficient (Wildman–Crippen LogP) is -0.0470. The molecule has 0 spiro atoms. The smallest absolute Gasteiger partial charge is 0.213 e. The minimum Gasteiger partial charge on any atom is -0.481 e. The van der Waals surface area contributed by atoms with Crippen LogP contribution in [0.25, 0.3) is 0 Å². The number of likely N-dealkylation sites (tertiary alicyclic amines) is 1. The van der Waals surface area contributed by atoms with Crippen molar-refractivity contribution < 1.29 is 13.2 Å². The number of pyridine rings is 1. The standard InChI is InChI=1S/C11H17N3O3S/c1-17-11-3-2-9(6-13-11)7-14-5-4-10(8-14)18(12,15)16/h2-3,6,10H,4-5,7-8H2,1H3,(H2,12,15,16). The molecule has 1 aromatic rings. The van der Waals surface area contributed by atoms with Crippen LogP contribution in [0.1, 0.15) is 12.0 Å². The zero-order valence-electron chi connectivity index (χ0n) is 10.2. The van der Waals surface area contributed by atoms with Crippen LogP contribution in [0.15, 0.2) is 18.3 Å². The van der Waals surface area contributed by atoms with Crippen LogP contribution >= 0.6 is 0 Å². The molecule has 0 aromatic carbocycles. The molecule has 18 heavy (non-hydrogen) atoms. The number of hydrogen-bond acceptors (Lipinski definition) is 5. The fraction of sp³-hybridized carbons (Fsp3) is 0.545. The summed E-state index contributed by atoms with van der Waals surface area (Å²) in [7, 11) is -1.85. The molecule has 0 bridgehead atoms. The van der Waals surface area contributed by atoms with Crippen molar-refractivity contribution in [1.29, 1.82) is 0 Å². The van der Waals surface area contributed by atoms with Gasteiger partial charge in [-0.1, -0.05) is 6.07 Å².